The van der Waals surface area contributed by atoms with E-state index in [1.807, 2.05) is 6.07 Å². The molecule has 2 aliphatic rings. The third-order valence-electron chi connectivity index (χ3n) is 4.90. The van der Waals surface area contributed by atoms with E-state index in [0.29, 0.717) is 19.3 Å². The number of hydrogen-bond acceptors (Lipinski definition) is 6. The van der Waals surface area contributed by atoms with E-state index in [-0.39, 0.29) is 18.7 Å². The van der Waals surface area contributed by atoms with Gasteiger partial charge < -0.3 is 9.84 Å². The van der Waals surface area contributed by atoms with E-state index in [1.165, 1.54) is 0 Å². The highest BCUT2D eigenvalue weighted by Gasteiger charge is 2.53. The number of fused-ring (bicyclic) bond motifs is 1. The van der Waals surface area contributed by atoms with Crippen molar-refractivity contribution in [3.63, 3.8) is 0 Å². The zero-order valence-electron chi connectivity index (χ0n) is 13.7. The quantitative estimate of drug-likeness (QED) is 0.854. The molecule has 1 aromatic heterocycles. The van der Waals surface area contributed by atoms with Crippen LogP contribution in [0.25, 0.3) is 0 Å². The first-order valence-electron chi connectivity index (χ1n) is 8.24. The molecule has 1 aromatic rings. The van der Waals surface area contributed by atoms with Gasteiger partial charge in [-0.05, 0) is 44.2 Å². The van der Waals surface area contributed by atoms with Crippen LogP contribution in [-0.4, -0.2) is 42.0 Å². The Hall–Kier alpha value is -1.67. The first-order chi connectivity index (χ1) is 11.5. The largest absolute Gasteiger partial charge is 0.460 e. The molecule has 132 valence electrons. The monoisotopic (exact) mass is 353 g/mol. The van der Waals surface area contributed by atoms with Gasteiger partial charge in [-0.2, -0.15) is 0 Å². The molecule has 7 nitrogen and oxygen atoms in total. The molecule has 2 N–H and O–H groups in total. The first-order valence-corrected chi connectivity index (χ1v) is 9.72. The maximum atomic E-state index is 12.7. The minimum Gasteiger partial charge on any atom is -0.460 e. The molecule has 0 bridgehead atoms. The minimum atomic E-state index is -3.56. The van der Waals surface area contributed by atoms with Crippen molar-refractivity contribution in [3.8, 4) is 0 Å². The van der Waals surface area contributed by atoms with Crippen LogP contribution >= 0.6 is 0 Å². The van der Waals surface area contributed by atoms with Gasteiger partial charge in [-0.3, -0.25) is 4.98 Å². The van der Waals surface area contributed by atoms with Gasteiger partial charge in [0.2, 0.25) is 10.0 Å². The summed E-state index contributed by atoms with van der Waals surface area (Å²) in [6.45, 7) is 1.67. The maximum absolute atomic E-state index is 12.7. The predicted octanol–water partition coefficient (Wildman–Crippen LogP) is 1.51. The summed E-state index contributed by atoms with van der Waals surface area (Å²) in [5.74, 6) is 0. The molecule has 0 amide bonds. The van der Waals surface area contributed by atoms with Crippen LogP contribution in [0.4, 0.5) is 0 Å². The predicted molar refractivity (Wildman–Crippen MR) is 89.9 cm³/mol. The minimum absolute atomic E-state index is 0.0154. The van der Waals surface area contributed by atoms with Gasteiger partial charge in [0.1, 0.15) is 10.9 Å². The van der Waals surface area contributed by atoms with Crippen LogP contribution in [0.2, 0.25) is 0 Å². The number of aliphatic hydroxyl groups excluding tert-OH is 1. The summed E-state index contributed by atoms with van der Waals surface area (Å²) in [6, 6.07) is 3.24. The Morgan fingerprint density at radius 1 is 1.54 bits per heavy atom. The summed E-state index contributed by atoms with van der Waals surface area (Å²) in [6.07, 6.45) is 6.41. The van der Waals surface area contributed by atoms with E-state index in [9.17, 15) is 13.5 Å². The lowest BCUT2D eigenvalue weighted by molar-refractivity contribution is 0.0907. The number of pyridine rings is 1. The number of nitrogens with one attached hydrogen (secondary N) is 1. The summed E-state index contributed by atoms with van der Waals surface area (Å²) >= 11 is 0. The number of ether oxygens (including phenoxy) is 1. The molecular formula is C16H23N3O4S. The van der Waals surface area contributed by atoms with Crippen LogP contribution in [0.3, 0.4) is 0 Å². The smallest absolute Gasteiger partial charge is 0.299 e. The second kappa shape index (κ2) is 6.68. The van der Waals surface area contributed by atoms with Crippen LogP contribution in [0, 0.1) is 0 Å². The van der Waals surface area contributed by atoms with Crippen molar-refractivity contribution in [1.82, 2.24) is 9.71 Å². The molecule has 2 fully saturated rings. The van der Waals surface area contributed by atoms with Crippen molar-refractivity contribution < 1.29 is 18.3 Å². The standard InChI is InChI=1S/C16H23N3O4S/c1-16-8-3-2-6-14(16)23-15(19-24(16,21)22)18-13(7-10-20)12-5-4-9-17-11-12/h4-5,9,11,13-14,20H,2-3,6-8,10H2,1H3,(H,18,19)/t13-,14-,16+/m0/s1. The molecule has 3 rings (SSSR count). The van der Waals surface area contributed by atoms with Gasteiger partial charge in [-0.15, -0.1) is 0 Å². The van der Waals surface area contributed by atoms with Crippen molar-refractivity contribution in [3.05, 3.63) is 30.1 Å². The van der Waals surface area contributed by atoms with E-state index in [1.54, 1.807) is 25.4 Å². The summed E-state index contributed by atoms with van der Waals surface area (Å²) in [4.78, 5) is 8.47. The van der Waals surface area contributed by atoms with Crippen LogP contribution in [-0.2, 0) is 14.8 Å². The number of rotatable bonds is 4. The Morgan fingerprint density at radius 3 is 3.08 bits per heavy atom. The lowest BCUT2D eigenvalue weighted by atomic mass is 9.87. The average molecular weight is 353 g/mol. The molecule has 1 saturated carbocycles. The normalized spacial score (nSPS) is 31.6. The number of aliphatic imine (C=N–C) groups is 1. The Morgan fingerprint density at radius 2 is 2.38 bits per heavy atom. The van der Waals surface area contributed by atoms with Crippen LogP contribution in [0.5, 0.6) is 0 Å². The summed E-state index contributed by atoms with van der Waals surface area (Å²) in [5, 5.41) is 9.29. The zero-order valence-corrected chi connectivity index (χ0v) is 14.5. The van der Waals surface area contributed by atoms with E-state index in [0.717, 1.165) is 18.4 Å². The highest BCUT2D eigenvalue weighted by molar-refractivity contribution is 7.91. The molecule has 1 aliphatic heterocycles. The van der Waals surface area contributed by atoms with Gasteiger partial charge in [0.15, 0.2) is 0 Å². The summed E-state index contributed by atoms with van der Waals surface area (Å²) in [5.41, 5.74) is 0.804. The zero-order chi connectivity index (χ0) is 17.2. The van der Waals surface area contributed by atoms with Gasteiger partial charge in [0.25, 0.3) is 6.02 Å². The Balaban J connectivity index is 1.89. The van der Waals surface area contributed by atoms with E-state index >= 15 is 0 Å². The van der Waals surface area contributed by atoms with Gasteiger partial charge >= 0.3 is 0 Å². The van der Waals surface area contributed by atoms with Crippen molar-refractivity contribution >= 4 is 16.0 Å². The Kier molecular flexibility index (Phi) is 4.78. The molecule has 24 heavy (non-hydrogen) atoms. The molecule has 0 aromatic carbocycles. The summed E-state index contributed by atoms with van der Waals surface area (Å²) < 4.78 is 32.8. The van der Waals surface area contributed by atoms with Gasteiger partial charge in [0.05, 0.1) is 6.04 Å². The highest BCUT2D eigenvalue weighted by Crippen LogP contribution is 2.39. The highest BCUT2D eigenvalue weighted by atomic mass is 32.2. The van der Waals surface area contributed by atoms with Crippen molar-refractivity contribution in [1.29, 1.82) is 0 Å². The third-order valence-corrected chi connectivity index (χ3v) is 7.04. The molecule has 1 saturated heterocycles. The second-order valence-electron chi connectivity index (χ2n) is 6.52. The number of aliphatic hydroxyl groups is 1. The third kappa shape index (κ3) is 3.12. The van der Waals surface area contributed by atoms with Crippen LogP contribution < -0.4 is 4.72 Å². The fourth-order valence-corrected chi connectivity index (χ4v) is 4.84. The first kappa shape index (κ1) is 17.2. The Labute approximate surface area is 142 Å². The number of sulfonamides is 1. The average Bonchev–Trinajstić information content (AvgIpc) is 2.56. The molecule has 2 heterocycles. The number of nitrogens with zero attached hydrogens (tertiary/aromatic N) is 2. The van der Waals surface area contributed by atoms with Gasteiger partial charge in [0, 0.05) is 19.0 Å². The molecule has 0 spiro atoms. The van der Waals surface area contributed by atoms with Crippen LogP contribution in [0.1, 0.15) is 50.6 Å². The molecular weight excluding hydrogens is 330 g/mol. The van der Waals surface area contributed by atoms with E-state index < -0.39 is 20.8 Å². The van der Waals surface area contributed by atoms with Gasteiger partial charge in [-0.1, -0.05) is 12.5 Å². The fraction of sp³-hybridized carbons (Fsp3) is 0.625. The molecule has 3 atom stereocenters. The fourth-order valence-electron chi connectivity index (χ4n) is 3.35. The lowest BCUT2D eigenvalue weighted by Gasteiger charge is -2.44. The molecule has 1 aliphatic carbocycles. The SMILES string of the molecule is C[C@@]12CCCC[C@@H]1OC(=N[C@@H](CCO)c1cccnc1)NS2(=O)=O. The van der Waals surface area contributed by atoms with Crippen molar-refractivity contribution in [2.75, 3.05) is 6.61 Å². The second-order valence-corrected chi connectivity index (χ2v) is 8.66. The summed E-state index contributed by atoms with van der Waals surface area (Å²) in [7, 11) is -3.56. The number of amidine groups is 1. The van der Waals surface area contributed by atoms with E-state index in [4.69, 9.17) is 4.74 Å². The number of hydrogen-bond donors (Lipinski definition) is 2. The van der Waals surface area contributed by atoms with Crippen molar-refractivity contribution in [2.45, 2.75) is 55.9 Å². The molecule has 8 heteroatoms. The lowest BCUT2D eigenvalue weighted by Crippen LogP contribution is -2.61. The Bertz CT molecular complexity index is 707. The maximum Gasteiger partial charge on any atom is 0.299 e. The van der Waals surface area contributed by atoms with Gasteiger partial charge in [-0.25, -0.2) is 18.1 Å². The van der Waals surface area contributed by atoms with Crippen molar-refractivity contribution in [2.24, 2.45) is 4.99 Å². The molecule has 0 unspecified atom stereocenters. The van der Waals surface area contributed by atoms with E-state index in [2.05, 4.69) is 14.7 Å². The topological polar surface area (TPSA) is 101 Å². The molecule has 0 radical (unpaired) electrons. The number of aromatic nitrogens is 1. The van der Waals surface area contributed by atoms with Crippen LogP contribution in [0.15, 0.2) is 29.5 Å².